The first-order valence-electron chi connectivity index (χ1n) is 10.7. The van der Waals surface area contributed by atoms with Crippen LogP contribution >= 0.6 is 0 Å². The standard InChI is InChI=1S/C22H35N5O/c1-3-28-16-13-22(11-6-7-12-22)17-25-21(23-2)24-14-8-15-27-18-26-19-9-4-5-10-20(19)27/h4-5,9-10,18H,3,6-8,11-17H2,1-2H3,(H2,23,24,25). The van der Waals surface area contributed by atoms with Crippen molar-refractivity contribution < 1.29 is 4.74 Å². The minimum absolute atomic E-state index is 0.364. The van der Waals surface area contributed by atoms with Crippen molar-refractivity contribution in [3.05, 3.63) is 30.6 Å². The second-order valence-electron chi connectivity index (χ2n) is 7.79. The van der Waals surface area contributed by atoms with Gasteiger partial charge in [-0.3, -0.25) is 4.99 Å². The summed E-state index contributed by atoms with van der Waals surface area (Å²) in [5.41, 5.74) is 2.62. The van der Waals surface area contributed by atoms with Gasteiger partial charge in [-0.05, 0) is 50.2 Å². The van der Waals surface area contributed by atoms with Crippen LogP contribution in [-0.4, -0.2) is 48.9 Å². The summed E-state index contributed by atoms with van der Waals surface area (Å²) in [7, 11) is 1.85. The molecule has 0 saturated heterocycles. The Bertz CT molecular complexity index is 748. The van der Waals surface area contributed by atoms with Crippen LogP contribution in [0, 0.1) is 5.41 Å². The van der Waals surface area contributed by atoms with Crippen molar-refractivity contribution in [2.24, 2.45) is 10.4 Å². The monoisotopic (exact) mass is 385 g/mol. The lowest BCUT2D eigenvalue weighted by Crippen LogP contribution is -2.43. The largest absolute Gasteiger partial charge is 0.382 e. The fourth-order valence-corrected chi connectivity index (χ4v) is 4.21. The number of rotatable bonds is 10. The number of aryl methyl sites for hydroxylation is 1. The molecule has 0 spiro atoms. The molecule has 0 bridgehead atoms. The van der Waals surface area contributed by atoms with Crippen LogP contribution in [0.3, 0.4) is 0 Å². The molecule has 154 valence electrons. The van der Waals surface area contributed by atoms with Crippen molar-refractivity contribution in [1.82, 2.24) is 20.2 Å². The van der Waals surface area contributed by atoms with Crippen LogP contribution in [-0.2, 0) is 11.3 Å². The molecule has 6 nitrogen and oxygen atoms in total. The fourth-order valence-electron chi connectivity index (χ4n) is 4.21. The van der Waals surface area contributed by atoms with Gasteiger partial charge in [0.1, 0.15) is 0 Å². The highest BCUT2D eigenvalue weighted by Crippen LogP contribution is 2.40. The van der Waals surface area contributed by atoms with Gasteiger partial charge in [-0.25, -0.2) is 4.98 Å². The van der Waals surface area contributed by atoms with Gasteiger partial charge in [-0.2, -0.15) is 0 Å². The van der Waals surface area contributed by atoms with E-state index in [4.69, 9.17) is 4.74 Å². The van der Waals surface area contributed by atoms with Crippen LogP contribution in [0.25, 0.3) is 11.0 Å². The SMILES string of the molecule is CCOCCC1(CNC(=NC)NCCCn2cnc3ccccc32)CCCC1. The van der Waals surface area contributed by atoms with Crippen molar-refractivity contribution in [3.63, 3.8) is 0 Å². The Morgan fingerprint density at radius 3 is 2.86 bits per heavy atom. The summed E-state index contributed by atoms with van der Waals surface area (Å²) in [6, 6.07) is 8.27. The van der Waals surface area contributed by atoms with Crippen molar-refractivity contribution in [1.29, 1.82) is 0 Å². The Morgan fingerprint density at radius 1 is 1.25 bits per heavy atom. The minimum Gasteiger partial charge on any atom is -0.382 e. The molecule has 1 aromatic heterocycles. The van der Waals surface area contributed by atoms with E-state index in [0.717, 1.165) is 57.2 Å². The zero-order chi connectivity index (χ0) is 19.7. The summed E-state index contributed by atoms with van der Waals surface area (Å²) in [4.78, 5) is 8.86. The number of ether oxygens (including phenoxy) is 1. The molecule has 1 heterocycles. The summed E-state index contributed by atoms with van der Waals surface area (Å²) in [6.45, 7) is 6.55. The Kier molecular flexibility index (Phi) is 7.71. The van der Waals surface area contributed by atoms with Gasteiger partial charge in [0.2, 0.25) is 0 Å². The molecule has 2 aromatic rings. The molecule has 6 heteroatoms. The first-order chi connectivity index (χ1) is 13.8. The summed E-state index contributed by atoms with van der Waals surface area (Å²) >= 11 is 0. The van der Waals surface area contributed by atoms with Gasteiger partial charge in [0.15, 0.2) is 5.96 Å². The topological polar surface area (TPSA) is 63.5 Å². The van der Waals surface area contributed by atoms with Crippen LogP contribution in [0.4, 0.5) is 0 Å². The zero-order valence-electron chi connectivity index (χ0n) is 17.4. The lowest BCUT2D eigenvalue weighted by atomic mass is 9.83. The molecule has 0 amide bonds. The van der Waals surface area contributed by atoms with Crippen molar-refractivity contribution in [3.8, 4) is 0 Å². The van der Waals surface area contributed by atoms with E-state index < -0.39 is 0 Å². The maximum absolute atomic E-state index is 5.62. The fraction of sp³-hybridized carbons (Fsp3) is 0.636. The van der Waals surface area contributed by atoms with Crippen LogP contribution in [0.15, 0.2) is 35.6 Å². The number of aliphatic imine (C=N–C) groups is 1. The second-order valence-corrected chi connectivity index (χ2v) is 7.79. The maximum atomic E-state index is 5.62. The molecule has 2 N–H and O–H groups in total. The number of hydrogen-bond acceptors (Lipinski definition) is 3. The van der Waals surface area contributed by atoms with Gasteiger partial charge in [0.25, 0.3) is 0 Å². The molecule has 3 rings (SSSR count). The highest BCUT2D eigenvalue weighted by molar-refractivity contribution is 5.79. The van der Waals surface area contributed by atoms with Gasteiger partial charge in [-0.15, -0.1) is 0 Å². The first-order valence-corrected chi connectivity index (χ1v) is 10.7. The number of fused-ring (bicyclic) bond motifs is 1. The van der Waals surface area contributed by atoms with Crippen molar-refractivity contribution in [2.45, 2.75) is 52.0 Å². The quantitative estimate of drug-likeness (QED) is 0.373. The first kappa shape index (κ1) is 20.6. The maximum Gasteiger partial charge on any atom is 0.190 e. The van der Waals surface area contributed by atoms with Gasteiger partial charge in [0.05, 0.1) is 17.4 Å². The molecule has 1 saturated carbocycles. The van der Waals surface area contributed by atoms with Gasteiger partial charge in [-0.1, -0.05) is 25.0 Å². The van der Waals surface area contributed by atoms with E-state index in [-0.39, 0.29) is 0 Å². The number of guanidine groups is 1. The van der Waals surface area contributed by atoms with Crippen molar-refractivity contribution in [2.75, 3.05) is 33.4 Å². The van der Waals surface area contributed by atoms with E-state index in [1.54, 1.807) is 0 Å². The number of nitrogens with zero attached hydrogens (tertiary/aromatic N) is 3. The van der Waals surface area contributed by atoms with E-state index >= 15 is 0 Å². The second kappa shape index (κ2) is 10.5. The number of hydrogen-bond donors (Lipinski definition) is 2. The summed E-state index contributed by atoms with van der Waals surface area (Å²) in [5, 5.41) is 7.03. The Morgan fingerprint density at radius 2 is 2.07 bits per heavy atom. The summed E-state index contributed by atoms with van der Waals surface area (Å²) in [6.07, 6.45) is 9.34. The predicted molar refractivity (Wildman–Crippen MR) is 116 cm³/mol. The Balaban J connectivity index is 1.41. The molecule has 0 radical (unpaired) electrons. The molecule has 1 aliphatic carbocycles. The summed E-state index contributed by atoms with van der Waals surface area (Å²) in [5.74, 6) is 0.901. The zero-order valence-corrected chi connectivity index (χ0v) is 17.4. The summed E-state index contributed by atoms with van der Waals surface area (Å²) < 4.78 is 7.83. The number of para-hydroxylation sites is 2. The average molecular weight is 386 g/mol. The lowest BCUT2D eigenvalue weighted by Gasteiger charge is -2.30. The molecule has 1 aliphatic rings. The van der Waals surface area contributed by atoms with E-state index in [1.165, 1.54) is 31.2 Å². The van der Waals surface area contributed by atoms with Crippen LogP contribution < -0.4 is 10.6 Å². The van der Waals surface area contributed by atoms with Gasteiger partial charge < -0.3 is 19.9 Å². The number of benzene rings is 1. The van der Waals surface area contributed by atoms with Crippen LogP contribution in [0.2, 0.25) is 0 Å². The average Bonchev–Trinajstić information content (AvgIpc) is 3.35. The molecule has 0 aliphatic heterocycles. The molecule has 0 atom stereocenters. The Labute approximate surface area is 168 Å². The number of aromatic nitrogens is 2. The smallest absolute Gasteiger partial charge is 0.190 e. The number of nitrogens with one attached hydrogen (secondary N) is 2. The Hall–Kier alpha value is -2.08. The molecule has 28 heavy (non-hydrogen) atoms. The molecule has 1 aromatic carbocycles. The molecular weight excluding hydrogens is 350 g/mol. The van der Waals surface area contributed by atoms with E-state index in [2.05, 4.69) is 50.3 Å². The van der Waals surface area contributed by atoms with Crippen LogP contribution in [0.1, 0.15) is 45.4 Å². The normalized spacial score (nSPS) is 16.6. The molecular formula is C22H35N5O. The van der Waals surface area contributed by atoms with E-state index in [1.807, 2.05) is 19.4 Å². The van der Waals surface area contributed by atoms with Crippen LogP contribution in [0.5, 0.6) is 0 Å². The third-order valence-electron chi connectivity index (χ3n) is 5.90. The number of imidazole rings is 1. The lowest BCUT2D eigenvalue weighted by molar-refractivity contribution is 0.105. The third kappa shape index (κ3) is 5.47. The van der Waals surface area contributed by atoms with Gasteiger partial charge in [0, 0.05) is 39.9 Å². The molecule has 0 unspecified atom stereocenters. The predicted octanol–water partition coefficient (Wildman–Crippen LogP) is 3.58. The van der Waals surface area contributed by atoms with E-state index in [0.29, 0.717) is 5.41 Å². The molecule has 1 fully saturated rings. The minimum atomic E-state index is 0.364. The highest BCUT2D eigenvalue weighted by Gasteiger charge is 2.33. The van der Waals surface area contributed by atoms with E-state index in [9.17, 15) is 0 Å². The third-order valence-corrected chi connectivity index (χ3v) is 5.90. The van der Waals surface area contributed by atoms with Gasteiger partial charge >= 0.3 is 0 Å². The van der Waals surface area contributed by atoms with Crippen molar-refractivity contribution >= 4 is 17.0 Å². The highest BCUT2D eigenvalue weighted by atomic mass is 16.5.